The molecular formula is C12H13FN4O. The maximum atomic E-state index is 13.0. The second-order valence-corrected chi connectivity index (χ2v) is 3.77. The van der Waals surface area contributed by atoms with Crippen molar-refractivity contribution in [3.05, 3.63) is 47.8 Å². The Balaban J connectivity index is 1.93. The highest BCUT2D eigenvalue weighted by molar-refractivity contribution is 5.99. The Hall–Kier alpha value is -2.37. The van der Waals surface area contributed by atoms with Crippen molar-refractivity contribution in [1.29, 1.82) is 0 Å². The van der Waals surface area contributed by atoms with Gasteiger partial charge in [-0.3, -0.25) is 4.79 Å². The molecule has 0 aliphatic carbocycles. The Morgan fingerprint density at radius 2 is 2.33 bits per heavy atom. The van der Waals surface area contributed by atoms with Gasteiger partial charge in [-0.1, -0.05) is 0 Å². The Bertz CT molecular complexity index is 539. The topological polar surface area (TPSA) is 83.8 Å². The van der Waals surface area contributed by atoms with Crippen LogP contribution in [-0.2, 0) is 6.42 Å². The molecule has 0 saturated carbocycles. The molecule has 1 heterocycles. The number of imidazole rings is 1. The minimum absolute atomic E-state index is 0.148. The number of anilines is 1. The Kier molecular flexibility index (Phi) is 3.57. The smallest absolute Gasteiger partial charge is 0.253 e. The summed E-state index contributed by atoms with van der Waals surface area (Å²) in [6, 6.07) is 3.71. The van der Waals surface area contributed by atoms with E-state index in [1.807, 2.05) is 0 Å². The molecule has 4 N–H and O–H groups in total. The first kappa shape index (κ1) is 12.1. The van der Waals surface area contributed by atoms with Crippen LogP contribution in [0.4, 0.5) is 10.1 Å². The van der Waals surface area contributed by atoms with E-state index in [1.54, 1.807) is 12.4 Å². The van der Waals surface area contributed by atoms with Gasteiger partial charge >= 0.3 is 0 Å². The van der Waals surface area contributed by atoms with E-state index in [1.165, 1.54) is 12.1 Å². The summed E-state index contributed by atoms with van der Waals surface area (Å²) in [6.07, 6.45) is 3.93. The molecule has 94 valence electrons. The molecule has 0 aliphatic rings. The van der Waals surface area contributed by atoms with Crippen LogP contribution in [0, 0.1) is 5.82 Å². The molecule has 0 spiro atoms. The molecular weight excluding hydrogens is 235 g/mol. The number of aromatic nitrogens is 2. The normalized spacial score (nSPS) is 10.3. The van der Waals surface area contributed by atoms with Gasteiger partial charge in [0.25, 0.3) is 5.91 Å². The number of nitrogens with zero attached hydrogens (tertiary/aromatic N) is 1. The summed E-state index contributed by atoms with van der Waals surface area (Å²) in [4.78, 5) is 18.7. The van der Waals surface area contributed by atoms with Crippen LogP contribution in [-0.4, -0.2) is 22.4 Å². The Labute approximate surface area is 103 Å². The number of nitrogen functional groups attached to an aromatic ring is 1. The van der Waals surface area contributed by atoms with Crippen LogP contribution in [0.1, 0.15) is 16.2 Å². The van der Waals surface area contributed by atoms with Crippen molar-refractivity contribution in [3.8, 4) is 0 Å². The summed E-state index contributed by atoms with van der Waals surface area (Å²) in [7, 11) is 0. The molecule has 0 atom stereocenters. The summed E-state index contributed by atoms with van der Waals surface area (Å²) in [5, 5.41) is 2.66. The predicted octanol–water partition coefficient (Wildman–Crippen LogP) is 1.10. The number of aromatic amines is 1. The van der Waals surface area contributed by atoms with Gasteiger partial charge in [0.1, 0.15) is 11.6 Å². The molecule has 2 aromatic rings. The van der Waals surface area contributed by atoms with E-state index in [9.17, 15) is 9.18 Å². The molecule has 0 bridgehead atoms. The number of halogens is 1. The average Bonchev–Trinajstić information content (AvgIpc) is 2.85. The van der Waals surface area contributed by atoms with Crippen molar-refractivity contribution in [1.82, 2.24) is 15.3 Å². The number of hydrogen-bond donors (Lipinski definition) is 3. The quantitative estimate of drug-likeness (QED) is 0.708. The molecule has 1 aromatic heterocycles. The highest BCUT2D eigenvalue weighted by Crippen LogP contribution is 2.12. The molecule has 0 fully saturated rings. The summed E-state index contributed by atoms with van der Waals surface area (Å²) in [5.74, 6) is -0.0959. The fraction of sp³-hybridized carbons (Fsp3) is 0.167. The highest BCUT2D eigenvalue weighted by atomic mass is 19.1. The lowest BCUT2D eigenvalue weighted by Crippen LogP contribution is -2.26. The molecule has 6 heteroatoms. The number of carbonyl (C=O) groups excluding carboxylic acids is 1. The van der Waals surface area contributed by atoms with Crippen LogP contribution >= 0.6 is 0 Å². The third-order valence-electron chi connectivity index (χ3n) is 2.46. The van der Waals surface area contributed by atoms with Crippen molar-refractivity contribution in [2.24, 2.45) is 0 Å². The number of nitrogens with one attached hydrogen (secondary N) is 2. The van der Waals surface area contributed by atoms with Gasteiger partial charge in [0.05, 0.1) is 5.56 Å². The lowest BCUT2D eigenvalue weighted by Gasteiger charge is -2.06. The lowest BCUT2D eigenvalue weighted by atomic mass is 10.1. The van der Waals surface area contributed by atoms with E-state index in [2.05, 4.69) is 15.3 Å². The van der Waals surface area contributed by atoms with Crippen LogP contribution in [0.25, 0.3) is 0 Å². The third kappa shape index (κ3) is 2.85. The second kappa shape index (κ2) is 5.31. The second-order valence-electron chi connectivity index (χ2n) is 3.77. The first-order valence-corrected chi connectivity index (χ1v) is 5.48. The summed E-state index contributed by atoms with van der Waals surface area (Å²) in [6.45, 7) is 0.405. The predicted molar refractivity (Wildman–Crippen MR) is 65.4 cm³/mol. The molecule has 0 radical (unpaired) electrons. The number of benzene rings is 1. The monoisotopic (exact) mass is 248 g/mol. The zero-order valence-corrected chi connectivity index (χ0v) is 9.61. The minimum atomic E-state index is -0.486. The molecule has 18 heavy (non-hydrogen) atoms. The van der Waals surface area contributed by atoms with Gasteiger partial charge < -0.3 is 16.0 Å². The number of carbonyl (C=O) groups is 1. The standard InChI is InChI=1S/C12H13FN4O/c13-8-1-2-10(14)9(7-8)12(18)17-4-3-11-15-5-6-16-11/h1-2,5-7H,3-4,14H2,(H,15,16)(H,17,18). The molecule has 5 nitrogen and oxygen atoms in total. The maximum Gasteiger partial charge on any atom is 0.253 e. The first-order valence-electron chi connectivity index (χ1n) is 5.48. The fourth-order valence-corrected chi connectivity index (χ4v) is 1.55. The zero-order valence-electron chi connectivity index (χ0n) is 9.61. The summed E-state index contributed by atoms with van der Waals surface area (Å²) in [5.41, 5.74) is 6.01. The molecule has 0 saturated heterocycles. The van der Waals surface area contributed by atoms with Gasteiger partial charge in [-0.05, 0) is 18.2 Å². The van der Waals surface area contributed by atoms with E-state index in [4.69, 9.17) is 5.73 Å². The molecule has 2 rings (SSSR count). The van der Waals surface area contributed by atoms with Crippen LogP contribution in [0.2, 0.25) is 0 Å². The van der Waals surface area contributed by atoms with E-state index < -0.39 is 11.7 Å². The average molecular weight is 248 g/mol. The maximum absolute atomic E-state index is 13.0. The summed E-state index contributed by atoms with van der Waals surface area (Å²) < 4.78 is 13.0. The SMILES string of the molecule is Nc1ccc(F)cc1C(=O)NCCc1ncc[nH]1. The van der Waals surface area contributed by atoms with Crippen molar-refractivity contribution in [3.63, 3.8) is 0 Å². The van der Waals surface area contributed by atoms with E-state index in [-0.39, 0.29) is 11.3 Å². The van der Waals surface area contributed by atoms with E-state index in [0.29, 0.717) is 13.0 Å². The number of H-pyrrole nitrogens is 1. The number of amides is 1. The van der Waals surface area contributed by atoms with Crippen molar-refractivity contribution in [2.75, 3.05) is 12.3 Å². The fourth-order valence-electron chi connectivity index (χ4n) is 1.55. The van der Waals surface area contributed by atoms with Crippen LogP contribution in [0.15, 0.2) is 30.6 Å². The van der Waals surface area contributed by atoms with Gasteiger partial charge in [0, 0.05) is 31.0 Å². The van der Waals surface area contributed by atoms with Gasteiger partial charge in [-0.2, -0.15) is 0 Å². The van der Waals surface area contributed by atoms with Crippen molar-refractivity contribution in [2.45, 2.75) is 6.42 Å². The van der Waals surface area contributed by atoms with E-state index in [0.717, 1.165) is 11.9 Å². The zero-order chi connectivity index (χ0) is 13.0. The molecule has 1 amide bonds. The lowest BCUT2D eigenvalue weighted by molar-refractivity contribution is 0.0954. The Morgan fingerprint density at radius 3 is 3.06 bits per heavy atom. The van der Waals surface area contributed by atoms with Crippen LogP contribution < -0.4 is 11.1 Å². The minimum Gasteiger partial charge on any atom is -0.398 e. The van der Waals surface area contributed by atoms with E-state index >= 15 is 0 Å². The van der Waals surface area contributed by atoms with Crippen LogP contribution in [0.3, 0.4) is 0 Å². The number of nitrogens with two attached hydrogens (primary N) is 1. The number of hydrogen-bond acceptors (Lipinski definition) is 3. The molecule has 0 aliphatic heterocycles. The molecule has 0 unspecified atom stereocenters. The Morgan fingerprint density at radius 1 is 1.50 bits per heavy atom. The van der Waals surface area contributed by atoms with Gasteiger partial charge in [0.2, 0.25) is 0 Å². The van der Waals surface area contributed by atoms with Crippen molar-refractivity contribution >= 4 is 11.6 Å². The van der Waals surface area contributed by atoms with Gasteiger partial charge in [-0.25, -0.2) is 9.37 Å². The van der Waals surface area contributed by atoms with Gasteiger partial charge in [0.15, 0.2) is 0 Å². The van der Waals surface area contributed by atoms with Gasteiger partial charge in [-0.15, -0.1) is 0 Å². The van der Waals surface area contributed by atoms with Crippen LogP contribution in [0.5, 0.6) is 0 Å². The molecule has 1 aromatic carbocycles. The highest BCUT2D eigenvalue weighted by Gasteiger charge is 2.10. The van der Waals surface area contributed by atoms with Crippen molar-refractivity contribution < 1.29 is 9.18 Å². The largest absolute Gasteiger partial charge is 0.398 e. The first-order chi connectivity index (χ1) is 8.66. The number of rotatable bonds is 4. The summed E-state index contributed by atoms with van der Waals surface area (Å²) >= 11 is 0. The third-order valence-corrected chi connectivity index (χ3v) is 2.46.